The van der Waals surface area contributed by atoms with Crippen LogP contribution in [0.1, 0.15) is 49.9 Å². The zero-order valence-electron chi connectivity index (χ0n) is 12.7. The lowest BCUT2D eigenvalue weighted by molar-refractivity contribution is 0.368. The second-order valence-corrected chi connectivity index (χ2v) is 6.79. The van der Waals surface area contributed by atoms with E-state index in [4.69, 9.17) is 0 Å². The molecule has 0 spiro atoms. The molecule has 4 heteroatoms. The Morgan fingerprint density at radius 3 is 2.62 bits per heavy atom. The first-order valence-electron chi connectivity index (χ1n) is 7.90. The third-order valence-corrected chi connectivity index (χ3v) is 4.91. The minimum Gasteiger partial charge on any atom is -0.312 e. The molecule has 1 aliphatic carbocycles. The third-order valence-electron chi connectivity index (χ3n) is 4.91. The van der Waals surface area contributed by atoms with Crippen LogP contribution in [-0.2, 0) is 12.0 Å². The smallest absolute Gasteiger partial charge is 0.150 e. The van der Waals surface area contributed by atoms with E-state index in [1.54, 1.807) is 0 Å². The summed E-state index contributed by atoms with van der Waals surface area (Å²) in [6.45, 7) is 6.48. The molecular weight excluding hydrogens is 260 g/mol. The van der Waals surface area contributed by atoms with Crippen LogP contribution in [0.5, 0.6) is 0 Å². The summed E-state index contributed by atoms with van der Waals surface area (Å²) in [5.41, 5.74) is 1.18. The maximum absolute atomic E-state index is 4.58. The van der Waals surface area contributed by atoms with Gasteiger partial charge in [-0.15, -0.1) is 10.2 Å². The normalized spacial score (nSPS) is 22.1. The largest absolute Gasteiger partial charge is 0.312 e. The first-order valence-corrected chi connectivity index (χ1v) is 7.90. The summed E-state index contributed by atoms with van der Waals surface area (Å²) < 4.78 is 2.35. The van der Waals surface area contributed by atoms with Crippen molar-refractivity contribution in [3.63, 3.8) is 0 Å². The molecule has 1 atom stereocenters. The highest BCUT2D eigenvalue weighted by molar-refractivity contribution is 5.31. The molecule has 2 heterocycles. The van der Waals surface area contributed by atoms with Crippen molar-refractivity contribution in [2.75, 3.05) is 6.54 Å². The van der Waals surface area contributed by atoms with Gasteiger partial charge in [-0.3, -0.25) is 0 Å². The number of nitrogens with one attached hydrogen (secondary N) is 1. The molecule has 2 aromatic rings. The molecule has 0 radical (unpaired) electrons. The maximum atomic E-state index is 4.58. The van der Waals surface area contributed by atoms with Crippen LogP contribution < -0.4 is 5.32 Å². The van der Waals surface area contributed by atoms with E-state index in [1.165, 1.54) is 18.4 Å². The third kappa shape index (κ3) is 2.09. The minimum absolute atomic E-state index is 0.113. The Morgan fingerprint density at radius 2 is 1.90 bits per heavy atom. The van der Waals surface area contributed by atoms with Crippen molar-refractivity contribution in [2.24, 2.45) is 5.92 Å². The molecule has 0 amide bonds. The fourth-order valence-corrected chi connectivity index (χ4v) is 3.44. The Hall–Kier alpha value is -1.68. The highest BCUT2D eigenvalue weighted by Crippen LogP contribution is 2.42. The average molecular weight is 282 g/mol. The Labute approximate surface area is 125 Å². The fraction of sp³-hybridized carbons (Fsp3) is 0.529. The van der Waals surface area contributed by atoms with Gasteiger partial charge < -0.3 is 9.88 Å². The van der Waals surface area contributed by atoms with Gasteiger partial charge in [0, 0.05) is 18.5 Å². The van der Waals surface area contributed by atoms with Gasteiger partial charge in [0.1, 0.15) is 5.82 Å². The van der Waals surface area contributed by atoms with Crippen LogP contribution in [0.3, 0.4) is 0 Å². The van der Waals surface area contributed by atoms with Crippen molar-refractivity contribution in [1.29, 1.82) is 0 Å². The van der Waals surface area contributed by atoms with Crippen LogP contribution in [-0.4, -0.2) is 21.3 Å². The number of aromatic nitrogens is 3. The van der Waals surface area contributed by atoms with Crippen LogP contribution in [0.25, 0.3) is 0 Å². The van der Waals surface area contributed by atoms with Crippen LogP contribution in [0.2, 0.25) is 0 Å². The molecule has 1 unspecified atom stereocenters. The van der Waals surface area contributed by atoms with Gasteiger partial charge in [0.05, 0.1) is 6.04 Å². The molecule has 1 aromatic carbocycles. The lowest BCUT2D eigenvalue weighted by Crippen LogP contribution is -2.37. The van der Waals surface area contributed by atoms with E-state index < -0.39 is 0 Å². The van der Waals surface area contributed by atoms with Crippen LogP contribution in [0.15, 0.2) is 30.3 Å². The summed E-state index contributed by atoms with van der Waals surface area (Å²) in [6, 6.07) is 11.0. The van der Waals surface area contributed by atoms with E-state index in [0.717, 1.165) is 30.7 Å². The van der Waals surface area contributed by atoms with E-state index in [2.05, 4.69) is 64.3 Å². The number of rotatable bonds is 3. The van der Waals surface area contributed by atoms with E-state index in [9.17, 15) is 0 Å². The first kappa shape index (κ1) is 13.0. The standard InChI is InChI=1S/C17H22N4/c1-17(2,13-6-4-3-5-7-13)16-20-19-15-14(12-8-9-12)18-10-11-21(15)16/h3-7,12,14,18H,8-11H2,1-2H3. The van der Waals surface area contributed by atoms with Crippen molar-refractivity contribution >= 4 is 0 Å². The summed E-state index contributed by atoms with van der Waals surface area (Å²) >= 11 is 0. The Kier molecular flexibility index (Phi) is 2.89. The van der Waals surface area contributed by atoms with Crippen molar-refractivity contribution in [3.05, 3.63) is 47.5 Å². The molecule has 1 aromatic heterocycles. The molecule has 0 saturated heterocycles. The minimum atomic E-state index is -0.113. The number of hydrogen-bond acceptors (Lipinski definition) is 3. The number of nitrogens with zero attached hydrogens (tertiary/aromatic N) is 3. The molecule has 1 saturated carbocycles. The SMILES string of the molecule is CC(C)(c1ccccc1)c1nnc2n1CCNC2C1CC1. The predicted octanol–water partition coefficient (Wildman–Crippen LogP) is 2.66. The van der Waals surface area contributed by atoms with Gasteiger partial charge in [-0.05, 0) is 38.2 Å². The van der Waals surface area contributed by atoms with E-state index in [0.29, 0.717) is 6.04 Å². The predicted molar refractivity (Wildman–Crippen MR) is 82.1 cm³/mol. The molecule has 4 nitrogen and oxygen atoms in total. The fourth-order valence-electron chi connectivity index (χ4n) is 3.44. The summed E-state index contributed by atoms with van der Waals surface area (Å²) in [4.78, 5) is 0. The molecule has 2 aliphatic rings. The summed E-state index contributed by atoms with van der Waals surface area (Å²) in [5.74, 6) is 3.00. The van der Waals surface area contributed by atoms with E-state index in [-0.39, 0.29) is 5.41 Å². The van der Waals surface area contributed by atoms with Crippen molar-refractivity contribution < 1.29 is 0 Å². The molecule has 1 N–H and O–H groups in total. The zero-order chi connectivity index (χ0) is 14.4. The molecule has 1 aliphatic heterocycles. The second kappa shape index (κ2) is 4.67. The highest BCUT2D eigenvalue weighted by atomic mass is 15.3. The molecule has 0 bridgehead atoms. The lowest BCUT2D eigenvalue weighted by Gasteiger charge is -2.29. The summed E-state index contributed by atoms with van der Waals surface area (Å²) in [7, 11) is 0. The van der Waals surface area contributed by atoms with E-state index >= 15 is 0 Å². The number of hydrogen-bond donors (Lipinski definition) is 1. The van der Waals surface area contributed by atoms with Crippen LogP contribution >= 0.6 is 0 Å². The molecule has 21 heavy (non-hydrogen) atoms. The molecule has 1 fully saturated rings. The van der Waals surface area contributed by atoms with Gasteiger partial charge >= 0.3 is 0 Å². The van der Waals surface area contributed by atoms with Gasteiger partial charge in [-0.1, -0.05) is 30.3 Å². The van der Waals surface area contributed by atoms with Crippen molar-refractivity contribution in [2.45, 2.75) is 44.7 Å². The average Bonchev–Trinajstić information content (AvgIpc) is 3.25. The molecule has 4 rings (SSSR count). The van der Waals surface area contributed by atoms with Crippen LogP contribution in [0, 0.1) is 5.92 Å². The summed E-state index contributed by atoms with van der Waals surface area (Å²) in [5, 5.41) is 12.7. The second-order valence-electron chi connectivity index (χ2n) is 6.79. The highest BCUT2D eigenvalue weighted by Gasteiger charge is 2.39. The Balaban J connectivity index is 1.76. The Bertz CT molecular complexity index is 640. The van der Waals surface area contributed by atoms with Crippen molar-refractivity contribution in [1.82, 2.24) is 20.1 Å². The Morgan fingerprint density at radius 1 is 1.14 bits per heavy atom. The van der Waals surface area contributed by atoms with Gasteiger partial charge in [0.2, 0.25) is 0 Å². The zero-order valence-corrected chi connectivity index (χ0v) is 12.7. The van der Waals surface area contributed by atoms with E-state index in [1.807, 2.05) is 0 Å². The lowest BCUT2D eigenvalue weighted by atomic mass is 9.83. The monoisotopic (exact) mass is 282 g/mol. The number of fused-ring (bicyclic) bond motifs is 1. The van der Waals surface area contributed by atoms with Gasteiger partial charge in [0.25, 0.3) is 0 Å². The first-order chi connectivity index (χ1) is 10.2. The quantitative estimate of drug-likeness (QED) is 0.941. The topological polar surface area (TPSA) is 42.7 Å². The molecular formula is C17H22N4. The van der Waals surface area contributed by atoms with Gasteiger partial charge in [0.15, 0.2) is 5.82 Å². The molecule has 110 valence electrons. The van der Waals surface area contributed by atoms with Gasteiger partial charge in [-0.2, -0.15) is 0 Å². The number of benzene rings is 1. The van der Waals surface area contributed by atoms with Crippen molar-refractivity contribution in [3.8, 4) is 0 Å². The summed E-state index contributed by atoms with van der Waals surface area (Å²) in [6.07, 6.45) is 2.64. The van der Waals surface area contributed by atoms with Crippen LogP contribution in [0.4, 0.5) is 0 Å². The maximum Gasteiger partial charge on any atom is 0.150 e. The van der Waals surface area contributed by atoms with Gasteiger partial charge in [-0.25, -0.2) is 0 Å².